The number of nitrogens with zero attached hydrogens (tertiary/aromatic N) is 3. The van der Waals surface area contributed by atoms with Gasteiger partial charge in [-0.3, -0.25) is 0 Å². The van der Waals surface area contributed by atoms with E-state index in [1.54, 1.807) is 6.08 Å². The molecule has 1 aliphatic heterocycles. The van der Waals surface area contributed by atoms with Crippen LogP contribution in [-0.4, -0.2) is 26.9 Å². The van der Waals surface area contributed by atoms with Crippen LogP contribution < -0.4 is 4.90 Å². The quantitative estimate of drug-likeness (QED) is 0.255. The molecule has 1 N–H and O–H groups in total. The molecule has 2 atom stereocenters. The van der Waals surface area contributed by atoms with Gasteiger partial charge in [0, 0.05) is 29.6 Å². The van der Waals surface area contributed by atoms with Crippen LogP contribution in [0.2, 0.25) is 0 Å². The van der Waals surface area contributed by atoms with Gasteiger partial charge in [-0.05, 0) is 83.7 Å². The normalized spacial score (nSPS) is 19.0. The minimum absolute atomic E-state index is 0.0640. The maximum absolute atomic E-state index is 13.1. The van der Waals surface area contributed by atoms with E-state index in [-0.39, 0.29) is 12.1 Å². The van der Waals surface area contributed by atoms with Crippen molar-refractivity contribution in [2.75, 3.05) is 4.90 Å². The number of alkyl halides is 2. The summed E-state index contributed by atoms with van der Waals surface area (Å²) in [7, 11) is 0. The Balaban J connectivity index is 1.41. The fourth-order valence-electron chi connectivity index (χ4n) is 5.68. The molecule has 2 heterocycles. The molecule has 5 nitrogen and oxygen atoms in total. The molecule has 198 valence electrons. The molecule has 7 heteroatoms. The van der Waals surface area contributed by atoms with Crippen molar-refractivity contribution in [3.63, 3.8) is 0 Å². The summed E-state index contributed by atoms with van der Waals surface area (Å²) in [4.78, 5) is 13.4. The summed E-state index contributed by atoms with van der Waals surface area (Å²) < 4.78 is 26.9. The highest BCUT2D eigenvalue weighted by Crippen LogP contribution is 2.44. The molecule has 1 saturated carbocycles. The van der Waals surface area contributed by atoms with Gasteiger partial charge in [-0.1, -0.05) is 54.6 Å². The smallest absolute Gasteiger partial charge is 0.333 e. The third kappa shape index (κ3) is 5.09. The van der Waals surface area contributed by atoms with Crippen LogP contribution in [0.4, 0.5) is 14.5 Å². The second-order valence-electron chi connectivity index (χ2n) is 10.5. The number of halogens is 2. The van der Waals surface area contributed by atoms with E-state index in [0.717, 1.165) is 40.4 Å². The van der Waals surface area contributed by atoms with Crippen LogP contribution in [0, 0.1) is 0 Å². The molecule has 2 aliphatic rings. The first-order valence-electron chi connectivity index (χ1n) is 13.2. The van der Waals surface area contributed by atoms with Crippen molar-refractivity contribution in [2.24, 2.45) is 0 Å². The fourth-order valence-corrected chi connectivity index (χ4v) is 5.68. The minimum atomic E-state index is -2.67. The molecule has 1 aromatic heterocycles. The SMILES string of the molecule is C[C@@H]1Cc2cc(-c3cnn(C(F)F)c3)ccc2[C@@H](c2ccc(/C=C/C(=O)O)cc2)N1c1ccc(C2CC2)cc1. The van der Waals surface area contributed by atoms with E-state index in [1.165, 1.54) is 36.4 Å². The Bertz CT molecular complexity index is 1520. The monoisotopic (exact) mass is 525 g/mol. The van der Waals surface area contributed by atoms with Crippen molar-refractivity contribution >= 4 is 17.7 Å². The fraction of sp³-hybridized carbons (Fsp3) is 0.250. The van der Waals surface area contributed by atoms with E-state index in [1.807, 2.05) is 18.2 Å². The van der Waals surface area contributed by atoms with Crippen molar-refractivity contribution < 1.29 is 18.7 Å². The van der Waals surface area contributed by atoms with Gasteiger partial charge in [0.05, 0.1) is 12.2 Å². The Hall–Kier alpha value is -4.26. The number of aliphatic carboxylic acids is 1. The number of carbonyl (C=O) groups is 1. The number of rotatable bonds is 7. The number of benzene rings is 3. The Kier molecular flexibility index (Phi) is 6.51. The van der Waals surface area contributed by atoms with Crippen LogP contribution in [0.1, 0.15) is 66.1 Å². The summed E-state index contributed by atoms with van der Waals surface area (Å²) in [5.74, 6) is -0.293. The predicted molar refractivity (Wildman–Crippen MR) is 148 cm³/mol. The molecule has 0 amide bonds. The number of carboxylic acids is 1. The summed E-state index contributed by atoms with van der Waals surface area (Å²) in [6.45, 7) is -0.454. The lowest BCUT2D eigenvalue weighted by molar-refractivity contribution is -0.131. The summed E-state index contributed by atoms with van der Waals surface area (Å²) in [6, 6.07) is 23.2. The van der Waals surface area contributed by atoms with E-state index in [2.05, 4.69) is 65.5 Å². The molecule has 1 fully saturated rings. The van der Waals surface area contributed by atoms with Crippen molar-refractivity contribution in [2.45, 2.75) is 50.7 Å². The molecular formula is C32H29F2N3O2. The Morgan fingerprint density at radius 2 is 1.72 bits per heavy atom. The highest BCUT2D eigenvalue weighted by Gasteiger charge is 2.34. The maximum atomic E-state index is 13.1. The molecule has 6 rings (SSSR count). The van der Waals surface area contributed by atoms with Gasteiger partial charge in [0.15, 0.2) is 0 Å². The van der Waals surface area contributed by atoms with Crippen LogP contribution in [-0.2, 0) is 11.2 Å². The van der Waals surface area contributed by atoms with E-state index < -0.39 is 12.5 Å². The Morgan fingerprint density at radius 1 is 1.00 bits per heavy atom. The third-order valence-corrected chi connectivity index (χ3v) is 7.75. The molecule has 0 unspecified atom stereocenters. The van der Waals surface area contributed by atoms with Crippen molar-refractivity contribution in [1.82, 2.24) is 9.78 Å². The van der Waals surface area contributed by atoms with Gasteiger partial charge in [-0.15, -0.1) is 0 Å². The highest BCUT2D eigenvalue weighted by molar-refractivity contribution is 5.85. The first kappa shape index (κ1) is 25.0. The van der Waals surface area contributed by atoms with E-state index in [0.29, 0.717) is 16.2 Å². The molecule has 0 bridgehead atoms. The highest BCUT2D eigenvalue weighted by atomic mass is 19.3. The van der Waals surface area contributed by atoms with Gasteiger partial charge in [-0.25, -0.2) is 9.48 Å². The second-order valence-corrected chi connectivity index (χ2v) is 10.5. The average Bonchev–Trinajstić information content (AvgIpc) is 3.66. The zero-order valence-corrected chi connectivity index (χ0v) is 21.5. The number of hydrogen-bond donors (Lipinski definition) is 1. The maximum Gasteiger partial charge on any atom is 0.333 e. The van der Waals surface area contributed by atoms with Gasteiger partial charge in [0.2, 0.25) is 0 Å². The van der Waals surface area contributed by atoms with Gasteiger partial charge in [-0.2, -0.15) is 13.9 Å². The zero-order chi connectivity index (χ0) is 27.1. The van der Waals surface area contributed by atoms with E-state index in [9.17, 15) is 13.6 Å². The zero-order valence-electron chi connectivity index (χ0n) is 21.5. The number of carboxylic acid groups (broad SMARTS) is 1. The summed E-state index contributed by atoms with van der Waals surface area (Å²) in [6.07, 6.45) is 8.92. The molecule has 0 saturated heterocycles. The minimum Gasteiger partial charge on any atom is -0.478 e. The number of fused-ring (bicyclic) bond motifs is 1. The number of anilines is 1. The Labute approximate surface area is 226 Å². The molecule has 1 aliphatic carbocycles. The molecule has 39 heavy (non-hydrogen) atoms. The van der Waals surface area contributed by atoms with Crippen LogP contribution in [0.15, 0.2) is 85.2 Å². The van der Waals surface area contributed by atoms with Crippen LogP contribution in [0.5, 0.6) is 0 Å². The lowest BCUT2D eigenvalue weighted by atomic mass is 9.83. The van der Waals surface area contributed by atoms with E-state index >= 15 is 0 Å². The molecule has 4 aromatic rings. The number of hydrogen-bond acceptors (Lipinski definition) is 3. The van der Waals surface area contributed by atoms with Crippen molar-refractivity contribution in [1.29, 1.82) is 0 Å². The molecule has 0 radical (unpaired) electrons. The van der Waals surface area contributed by atoms with Crippen molar-refractivity contribution in [3.8, 4) is 11.1 Å². The Morgan fingerprint density at radius 3 is 2.36 bits per heavy atom. The van der Waals surface area contributed by atoms with Crippen LogP contribution in [0.25, 0.3) is 17.2 Å². The molecule has 0 spiro atoms. The van der Waals surface area contributed by atoms with Crippen LogP contribution >= 0.6 is 0 Å². The summed E-state index contributed by atoms with van der Waals surface area (Å²) >= 11 is 0. The van der Waals surface area contributed by atoms with Gasteiger partial charge in [0.25, 0.3) is 0 Å². The number of aromatic nitrogens is 2. The topological polar surface area (TPSA) is 58.4 Å². The molecule has 3 aromatic carbocycles. The largest absolute Gasteiger partial charge is 0.478 e. The lowest BCUT2D eigenvalue weighted by Crippen LogP contribution is -2.42. The van der Waals surface area contributed by atoms with Gasteiger partial charge in [0.1, 0.15) is 0 Å². The lowest BCUT2D eigenvalue weighted by Gasteiger charge is -2.44. The first-order chi connectivity index (χ1) is 18.9. The van der Waals surface area contributed by atoms with E-state index in [4.69, 9.17) is 5.11 Å². The van der Waals surface area contributed by atoms with Gasteiger partial charge < -0.3 is 10.0 Å². The first-order valence-corrected chi connectivity index (χ1v) is 13.2. The standard InChI is InChI=1S/C32H29F2N3O2/c1-20-16-26-17-25(27-18-35-36(19-27)32(33)34)11-14-29(26)31(24-5-2-21(3-6-24)4-15-30(38)39)37(20)28-12-9-23(10-13-28)22-7-8-22/h2-6,9-15,17-20,22,31-32H,7-8,16H2,1H3,(H,38,39)/b15-4+/t20-,31-/m1/s1. The van der Waals surface area contributed by atoms with Crippen LogP contribution in [0.3, 0.4) is 0 Å². The average molecular weight is 526 g/mol. The summed E-state index contributed by atoms with van der Waals surface area (Å²) in [5, 5.41) is 12.8. The predicted octanol–water partition coefficient (Wildman–Crippen LogP) is 7.46. The second kappa shape index (κ2) is 10.1. The summed E-state index contributed by atoms with van der Waals surface area (Å²) in [5.41, 5.74) is 8.33. The molecular weight excluding hydrogens is 496 g/mol. The van der Waals surface area contributed by atoms with Gasteiger partial charge >= 0.3 is 12.5 Å². The van der Waals surface area contributed by atoms with Crippen molar-refractivity contribution in [3.05, 3.63) is 113 Å². The third-order valence-electron chi connectivity index (χ3n) is 7.75.